The predicted octanol–water partition coefficient (Wildman–Crippen LogP) is 0.839. The van der Waals surface area contributed by atoms with Crippen molar-refractivity contribution in [2.75, 3.05) is 17.2 Å². The summed E-state index contributed by atoms with van der Waals surface area (Å²) < 4.78 is 22.6. The Morgan fingerprint density at radius 3 is 2.78 bits per heavy atom. The number of benzene rings is 1. The fourth-order valence-corrected chi connectivity index (χ4v) is 3.78. The molecule has 5 nitrogen and oxygen atoms in total. The van der Waals surface area contributed by atoms with Crippen LogP contribution in [0, 0.1) is 0 Å². The number of hydrogen-bond donors (Lipinski definition) is 2. The van der Waals surface area contributed by atoms with E-state index in [1.807, 2.05) is 0 Å². The molecular weight excluding hydrogens is 276 g/mol. The van der Waals surface area contributed by atoms with Crippen LogP contribution in [0.25, 0.3) is 0 Å². The van der Waals surface area contributed by atoms with Gasteiger partial charge in [-0.3, -0.25) is 4.79 Å². The number of halogens is 1. The molecule has 1 aliphatic heterocycles. The fraction of sp³-hybridized carbons (Fsp3) is 0.364. The lowest BCUT2D eigenvalue weighted by atomic mass is 10.1. The number of anilines is 1. The van der Waals surface area contributed by atoms with E-state index in [1.165, 1.54) is 0 Å². The molecule has 1 atom stereocenters. The molecule has 2 rings (SSSR count). The van der Waals surface area contributed by atoms with Crippen LogP contribution in [-0.2, 0) is 9.84 Å². The maximum Gasteiger partial charge on any atom is 0.253 e. The van der Waals surface area contributed by atoms with Gasteiger partial charge in [0, 0.05) is 6.04 Å². The Balaban J connectivity index is 2.11. The van der Waals surface area contributed by atoms with E-state index in [-0.39, 0.29) is 28.1 Å². The Kier molecular flexibility index (Phi) is 3.49. The van der Waals surface area contributed by atoms with Gasteiger partial charge >= 0.3 is 0 Å². The second-order valence-electron chi connectivity index (χ2n) is 4.28. The summed E-state index contributed by atoms with van der Waals surface area (Å²) in [5, 5.41) is 2.85. The van der Waals surface area contributed by atoms with Crippen LogP contribution in [0.15, 0.2) is 18.2 Å². The number of nitrogen functional groups attached to an aromatic ring is 1. The third kappa shape index (κ3) is 2.76. The van der Waals surface area contributed by atoms with Gasteiger partial charge in [-0.15, -0.1) is 0 Å². The van der Waals surface area contributed by atoms with Crippen LogP contribution in [0.5, 0.6) is 0 Å². The second-order valence-corrected chi connectivity index (χ2v) is 6.89. The predicted molar refractivity (Wildman–Crippen MR) is 70.4 cm³/mol. The fourth-order valence-electron chi connectivity index (χ4n) is 1.90. The van der Waals surface area contributed by atoms with E-state index in [0.717, 1.165) is 0 Å². The number of amides is 1. The lowest BCUT2D eigenvalue weighted by molar-refractivity contribution is 0.0941. The van der Waals surface area contributed by atoms with Crippen LogP contribution >= 0.6 is 11.6 Å². The molecule has 98 valence electrons. The molecule has 1 aliphatic rings. The molecule has 3 N–H and O–H groups in total. The molecule has 1 heterocycles. The number of carbonyl (C=O) groups excluding carboxylic acids is 1. The van der Waals surface area contributed by atoms with Crippen molar-refractivity contribution < 1.29 is 13.2 Å². The van der Waals surface area contributed by atoms with Crippen molar-refractivity contribution >= 4 is 33.0 Å². The zero-order valence-electron chi connectivity index (χ0n) is 9.52. The Hall–Kier alpha value is -1.27. The molecule has 1 saturated heterocycles. The first-order valence-electron chi connectivity index (χ1n) is 5.44. The SMILES string of the molecule is Nc1cccc(C(=O)NC2CCS(=O)(=O)C2)c1Cl. The first kappa shape index (κ1) is 13.2. The minimum atomic E-state index is -3.01. The topological polar surface area (TPSA) is 89.3 Å². The molecule has 0 radical (unpaired) electrons. The van der Waals surface area contributed by atoms with E-state index in [2.05, 4.69) is 5.32 Å². The Labute approximate surface area is 110 Å². The smallest absolute Gasteiger partial charge is 0.253 e. The van der Waals surface area contributed by atoms with Crippen molar-refractivity contribution in [2.24, 2.45) is 0 Å². The average molecular weight is 289 g/mol. The maximum atomic E-state index is 11.9. The highest BCUT2D eigenvalue weighted by molar-refractivity contribution is 7.91. The Morgan fingerprint density at radius 2 is 2.17 bits per heavy atom. The molecule has 7 heteroatoms. The molecule has 0 bridgehead atoms. The van der Waals surface area contributed by atoms with E-state index >= 15 is 0 Å². The number of sulfone groups is 1. The number of rotatable bonds is 2. The van der Waals surface area contributed by atoms with E-state index in [9.17, 15) is 13.2 Å². The highest BCUT2D eigenvalue weighted by Gasteiger charge is 2.29. The van der Waals surface area contributed by atoms with Gasteiger partial charge in [0.2, 0.25) is 0 Å². The second kappa shape index (κ2) is 4.78. The minimum absolute atomic E-state index is 0.0152. The molecule has 1 fully saturated rings. The third-order valence-electron chi connectivity index (χ3n) is 2.84. The van der Waals surface area contributed by atoms with E-state index in [1.54, 1.807) is 18.2 Å². The summed E-state index contributed by atoms with van der Waals surface area (Å²) in [6.45, 7) is 0. The highest BCUT2D eigenvalue weighted by atomic mass is 35.5. The highest BCUT2D eigenvalue weighted by Crippen LogP contribution is 2.23. The van der Waals surface area contributed by atoms with Gasteiger partial charge in [0.25, 0.3) is 5.91 Å². The van der Waals surface area contributed by atoms with Crippen molar-refractivity contribution in [2.45, 2.75) is 12.5 Å². The quantitative estimate of drug-likeness (QED) is 0.789. The molecule has 18 heavy (non-hydrogen) atoms. The van der Waals surface area contributed by atoms with E-state index < -0.39 is 15.7 Å². The summed E-state index contributed by atoms with van der Waals surface area (Å²) in [6.07, 6.45) is 0.439. The van der Waals surface area contributed by atoms with Crippen LogP contribution in [0.4, 0.5) is 5.69 Å². The summed E-state index contributed by atoms with van der Waals surface area (Å²) in [5.41, 5.74) is 6.19. The molecule has 0 spiro atoms. The van der Waals surface area contributed by atoms with Gasteiger partial charge in [0.1, 0.15) is 0 Å². The largest absolute Gasteiger partial charge is 0.398 e. The Morgan fingerprint density at radius 1 is 1.44 bits per heavy atom. The molecule has 1 unspecified atom stereocenters. The lowest BCUT2D eigenvalue weighted by Crippen LogP contribution is -2.35. The van der Waals surface area contributed by atoms with Gasteiger partial charge in [0.15, 0.2) is 9.84 Å². The van der Waals surface area contributed by atoms with Crippen molar-refractivity contribution in [3.63, 3.8) is 0 Å². The van der Waals surface area contributed by atoms with Crippen molar-refractivity contribution in [3.05, 3.63) is 28.8 Å². The van der Waals surface area contributed by atoms with E-state index in [0.29, 0.717) is 12.1 Å². The van der Waals surface area contributed by atoms with Crippen LogP contribution in [0.2, 0.25) is 5.02 Å². The van der Waals surface area contributed by atoms with Crippen molar-refractivity contribution in [1.82, 2.24) is 5.32 Å². The van der Waals surface area contributed by atoms with Gasteiger partial charge in [-0.25, -0.2) is 8.42 Å². The molecular formula is C11H13ClN2O3S. The zero-order chi connectivity index (χ0) is 13.3. The molecule has 1 aromatic carbocycles. The van der Waals surface area contributed by atoms with Crippen LogP contribution in [0.3, 0.4) is 0 Å². The number of nitrogens with two attached hydrogens (primary N) is 1. The monoisotopic (exact) mass is 288 g/mol. The standard InChI is InChI=1S/C11H13ClN2O3S/c12-10-8(2-1-3-9(10)13)11(15)14-7-4-5-18(16,17)6-7/h1-3,7H,4-6,13H2,(H,14,15). The maximum absolute atomic E-state index is 11.9. The van der Waals surface area contributed by atoms with Gasteiger partial charge in [0.05, 0.1) is 27.8 Å². The Bertz CT molecular complexity index is 586. The average Bonchev–Trinajstić information content (AvgIpc) is 2.62. The summed E-state index contributed by atoms with van der Waals surface area (Å²) in [7, 11) is -3.01. The van der Waals surface area contributed by atoms with Crippen molar-refractivity contribution in [1.29, 1.82) is 0 Å². The first-order chi connectivity index (χ1) is 8.39. The molecule has 1 amide bonds. The summed E-state index contributed by atoms with van der Waals surface area (Å²) in [6, 6.07) is 4.43. The van der Waals surface area contributed by atoms with Gasteiger partial charge in [-0.05, 0) is 18.6 Å². The molecule has 1 aromatic rings. The number of carbonyl (C=O) groups is 1. The summed E-state index contributed by atoms with van der Waals surface area (Å²) >= 11 is 5.93. The minimum Gasteiger partial charge on any atom is -0.398 e. The normalized spacial score (nSPS) is 21.7. The van der Waals surface area contributed by atoms with Crippen molar-refractivity contribution in [3.8, 4) is 0 Å². The molecule has 0 aromatic heterocycles. The lowest BCUT2D eigenvalue weighted by Gasteiger charge is -2.12. The van der Waals surface area contributed by atoms with Gasteiger partial charge in [-0.2, -0.15) is 0 Å². The van der Waals surface area contributed by atoms with Crippen LogP contribution in [-0.4, -0.2) is 31.9 Å². The zero-order valence-corrected chi connectivity index (χ0v) is 11.1. The molecule has 0 aliphatic carbocycles. The summed E-state index contributed by atoms with van der Waals surface area (Å²) in [4.78, 5) is 11.9. The number of nitrogens with one attached hydrogen (secondary N) is 1. The summed E-state index contributed by atoms with van der Waals surface area (Å²) in [5.74, 6) is -0.296. The third-order valence-corrected chi connectivity index (χ3v) is 5.03. The first-order valence-corrected chi connectivity index (χ1v) is 7.64. The van der Waals surface area contributed by atoms with E-state index in [4.69, 9.17) is 17.3 Å². The van der Waals surface area contributed by atoms with Gasteiger partial charge in [-0.1, -0.05) is 17.7 Å². The van der Waals surface area contributed by atoms with Crippen LogP contribution < -0.4 is 11.1 Å². The van der Waals surface area contributed by atoms with Gasteiger partial charge < -0.3 is 11.1 Å². The number of hydrogen-bond acceptors (Lipinski definition) is 4. The molecule has 0 saturated carbocycles. The van der Waals surface area contributed by atoms with Crippen LogP contribution in [0.1, 0.15) is 16.8 Å².